The van der Waals surface area contributed by atoms with Crippen LogP contribution in [0.25, 0.3) is 100 Å². The van der Waals surface area contributed by atoms with Crippen molar-refractivity contribution in [2.75, 3.05) is 0 Å². The molecule has 0 radical (unpaired) electrons. The third-order valence-corrected chi connectivity index (χ3v) is 9.54. The summed E-state index contributed by atoms with van der Waals surface area (Å²) >= 11 is 0. The van der Waals surface area contributed by atoms with Crippen molar-refractivity contribution >= 4 is 43.6 Å². The van der Waals surface area contributed by atoms with E-state index in [-0.39, 0.29) is 0 Å². The normalized spacial score (nSPS) is 11.5. The molecule has 10 rings (SSSR count). The first-order valence-electron chi connectivity index (χ1n) is 17.0. The maximum absolute atomic E-state index is 6.52. The standard InChI is InChI=1S/C46H28N4O/c1-3-12-33(13-4-1)44-48-45(34-14-5-2-6-15-34)50-46(49-44)35-25-21-30(22-26-35)29-19-23-32(24-20-29)41-43-40(37-17-9-10-18-39(37)51-43)38-28-27-31-11-7-8-16-36(31)42(38)47-41/h1-28H. The van der Waals surface area contributed by atoms with Gasteiger partial charge in [-0.05, 0) is 22.6 Å². The quantitative estimate of drug-likeness (QED) is 0.173. The van der Waals surface area contributed by atoms with Crippen molar-refractivity contribution in [3.8, 4) is 56.5 Å². The molecule has 51 heavy (non-hydrogen) atoms. The predicted molar refractivity (Wildman–Crippen MR) is 207 cm³/mol. The summed E-state index contributed by atoms with van der Waals surface area (Å²) in [6, 6.07) is 58.1. The van der Waals surface area contributed by atoms with Gasteiger partial charge in [0.2, 0.25) is 0 Å². The van der Waals surface area contributed by atoms with Crippen molar-refractivity contribution in [2.45, 2.75) is 0 Å². The zero-order valence-corrected chi connectivity index (χ0v) is 27.4. The molecule has 0 amide bonds. The fraction of sp³-hybridized carbons (Fsp3) is 0. The maximum Gasteiger partial charge on any atom is 0.164 e. The Kier molecular flexibility index (Phi) is 6.74. The van der Waals surface area contributed by atoms with Gasteiger partial charge in [-0.3, -0.25) is 0 Å². The fourth-order valence-electron chi connectivity index (χ4n) is 6.99. The van der Waals surface area contributed by atoms with E-state index in [0.717, 1.165) is 77.3 Å². The number of pyridine rings is 1. The lowest BCUT2D eigenvalue weighted by Gasteiger charge is -2.10. The highest BCUT2D eigenvalue weighted by Gasteiger charge is 2.19. The highest BCUT2D eigenvalue weighted by Crippen LogP contribution is 2.41. The average Bonchev–Trinajstić information content (AvgIpc) is 3.61. The second kappa shape index (κ2) is 11.9. The zero-order chi connectivity index (χ0) is 33.7. The van der Waals surface area contributed by atoms with Crippen LogP contribution in [0.3, 0.4) is 0 Å². The van der Waals surface area contributed by atoms with Crippen LogP contribution < -0.4 is 0 Å². The van der Waals surface area contributed by atoms with Crippen LogP contribution in [-0.4, -0.2) is 19.9 Å². The Morgan fingerprint density at radius 2 is 0.824 bits per heavy atom. The summed E-state index contributed by atoms with van der Waals surface area (Å²) in [4.78, 5) is 19.9. The highest BCUT2D eigenvalue weighted by molar-refractivity contribution is 6.24. The summed E-state index contributed by atoms with van der Waals surface area (Å²) < 4.78 is 6.52. The van der Waals surface area contributed by atoms with Gasteiger partial charge in [-0.25, -0.2) is 19.9 Å². The van der Waals surface area contributed by atoms with Gasteiger partial charge in [-0.2, -0.15) is 0 Å². The van der Waals surface area contributed by atoms with Crippen molar-refractivity contribution in [3.05, 3.63) is 170 Å². The largest absolute Gasteiger partial charge is 0.454 e. The van der Waals surface area contributed by atoms with Crippen molar-refractivity contribution < 1.29 is 4.42 Å². The molecule has 10 aromatic rings. The van der Waals surface area contributed by atoms with Gasteiger partial charge >= 0.3 is 0 Å². The maximum atomic E-state index is 6.52. The molecule has 3 heterocycles. The third kappa shape index (κ3) is 5.03. The molecule has 0 fully saturated rings. The summed E-state index contributed by atoms with van der Waals surface area (Å²) in [5.41, 5.74) is 9.49. The van der Waals surface area contributed by atoms with E-state index in [1.807, 2.05) is 72.8 Å². The second-order valence-electron chi connectivity index (χ2n) is 12.6. The number of furan rings is 1. The minimum Gasteiger partial charge on any atom is -0.454 e. The molecule has 0 bridgehead atoms. The van der Waals surface area contributed by atoms with E-state index in [2.05, 4.69) is 97.1 Å². The summed E-state index contributed by atoms with van der Waals surface area (Å²) in [5.74, 6) is 1.93. The first kappa shape index (κ1) is 29.0. The number of para-hydroxylation sites is 1. The number of hydrogen-bond donors (Lipinski definition) is 0. The highest BCUT2D eigenvalue weighted by atomic mass is 16.3. The number of fused-ring (bicyclic) bond motifs is 7. The first-order chi connectivity index (χ1) is 25.3. The Hall–Kier alpha value is -6.98. The van der Waals surface area contributed by atoms with Gasteiger partial charge in [-0.15, -0.1) is 0 Å². The molecule has 0 spiro atoms. The van der Waals surface area contributed by atoms with E-state index in [1.54, 1.807) is 0 Å². The minimum absolute atomic E-state index is 0.634. The van der Waals surface area contributed by atoms with Gasteiger partial charge in [0.1, 0.15) is 11.3 Å². The Morgan fingerprint density at radius 3 is 1.45 bits per heavy atom. The van der Waals surface area contributed by atoms with Gasteiger partial charge < -0.3 is 4.42 Å². The van der Waals surface area contributed by atoms with Gasteiger partial charge in [0.05, 0.1) is 5.52 Å². The summed E-state index contributed by atoms with van der Waals surface area (Å²) in [6.45, 7) is 0. The van der Waals surface area contributed by atoms with Gasteiger partial charge in [-0.1, -0.05) is 164 Å². The van der Waals surface area contributed by atoms with Crippen molar-refractivity contribution in [1.82, 2.24) is 19.9 Å². The van der Waals surface area contributed by atoms with Crippen LogP contribution in [-0.2, 0) is 0 Å². The van der Waals surface area contributed by atoms with Crippen LogP contribution in [0.5, 0.6) is 0 Å². The topological polar surface area (TPSA) is 64.7 Å². The SMILES string of the molecule is c1ccc(-c2nc(-c3ccccc3)nc(-c3ccc(-c4ccc(-c5nc6c7ccccc7ccc6c6c5oc5ccccc56)cc4)cc3)n2)cc1. The Labute approximate surface area is 293 Å². The molecule has 7 aromatic carbocycles. The van der Waals surface area contributed by atoms with Crippen molar-refractivity contribution in [3.63, 3.8) is 0 Å². The molecular formula is C46H28N4O. The molecule has 0 aliphatic carbocycles. The van der Waals surface area contributed by atoms with Crippen LogP contribution in [0.1, 0.15) is 0 Å². The lowest BCUT2D eigenvalue weighted by atomic mass is 9.98. The molecule has 0 saturated carbocycles. The van der Waals surface area contributed by atoms with E-state index < -0.39 is 0 Å². The van der Waals surface area contributed by atoms with E-state index in [4.69, 9.17) is 24.4 Å². The lowest BCUT2D eigenvalue weighted by Crippen LogP contribution is -2.00. The van der Waals surface area contributed by atoms with Gasteiger partial charge in [0.25, 0.3) is 0 Å². The molecule has 5 nitrogen and oxygen atoms in total. The van der Waals surface area contributed by atoms with Crippen LogP contribution in [0.2, 0.25) is 0 Å². The number of rotatable bonds is 5. The number of aromatic nitrogens is 4. The first-order valence-corrected chi connectivity index (χ1v) is 17.0. The average molecular weight is 653 g/mol. The molecule has 3 aromatic heterocycles. The molecule has 0 saturated heterocycles. The van der Waals surface area contributed by atoms with Gasteiger partial charge in [0.15, 0.2) is 23.1 Å². The van der Waals surface area contributed by atoms with E-state index >= 15 is 0 Å². The van der Waals surface area contributed by atoms with Crippen LogP contribution in [0, 0.1) is 0 Å². The van der Waals surface area contributed by atoms with E-state index in [1.165, 1.54) is 5.39 Å². The number of hydrogen-bond acceptors (Lipinski definition) is 5. The molecule has 0 N–H and O–H groups in total. The Morgan fingerprint density at radius 1 is 0.333 bits per heavy atom. The van der Waals surface area contributed by atoms with Crippen molar-refractivity contribution in [2.24, 2.45) is 0 Å². The van der Waals surface area contributed by atoms with E-state index in [0.29, 0.717) is 17.5 Å². The zero-order valence-electron chi connectivity index (χ0n) is 27.4. The number of nitrogens with zero attached hydrogens (tertiary/aromatic N) is 4. The Balaban J connectivity index is 1.04. The minimum atomic E-state index is 0.634. The second-order valence-corrected chi connectivity index (χ2v) is 12.6. The monoisotopic (exact) mass is 652 g/mol. The molecule has 0 aliphatic rings. The summed E-state index contributed by atoms with van der Waals surface area (Å²) in [7, 11) is 0. The molecule has 0 unspecified atom stereocenters. The van der Waals surface area contributed by atoms with Gasteiger partial charge in [0, 0.05) is 43.8 Å². The summed E-state index contributed by atoms with van der Waals surface area (Å²) in [5, 5.41) is 5.58. The molecule has 238 valence electrons. The third-order valence-electron chi connectivity index (χ3n) is 9.54. The number of benzene rings is 7. The molecule has 5 heteroatoms. The van der Waals surface area contributed by atoms with Crippen LogP contribution >= 0.6 is 0 Å². The summed E-state index contributed by atoms with van der Waals surface area (Å²) in [6.07, 6.45) is 0. The Bertz CT molecular complexity index is 2820. The fourth-order valence-corrected chi connectivity index (χ4v) is 6.99. The van der Waals surface area contributed by atoms with Crippen LogP contribution in [0.4, 0.5) is 0 Å². The molecule has 0 atom stereocenters. The molecule has 0 aliphatic heterocycles. The predicted octanol–water partition coefficient (Wildman–Crippen LogP) is 11.8. The smallest absolute Gasteiger partial charge is 0.164 e. The van der Waals surface area contributed by atoms with Crippen molar-refractivity contribution in [1.29, 1.82) is 0 Å². The van der Waals surface area contributed by atoms with Crippen LogP contribution in [0.15, 0.2) is 174 Å². The van der Waals surface area contributed by atoms with E-state index in [9.17, 15) is 0 Å². The lowest BCUT2D eigenvalue weighted by molar-refractivity contribution is 0.669. The molecular weight excluding hydrogens is 625 g/mol.